The Bertz CT molecular complexity index is 703. The highest BCUT2D eigenvalue weighted by atomic mass is 16.5. The van der Waals surface area contributed by atoms with Gasteiger partial charge in [-0.05, 0) is 51.3 Å². The summed E-state index contributed by atoms with van der Waals surface area (Å²) in [5.41, 5.74) is 1.80. The Labute approximate surface area is 149 Å². The Kier molecular flexibility index (Phi) is 5.23. The van der Waals surface area contributed by atoms with E-state index < -0.39 is 0 Å². The number of piperidine rings is 1. The predicted octanol–water partition coefficient (Wildman–Crippen LogP) is 3.46. The molecule has 2 aromatic rings. The van der Waals surface area contributed by atoms with E-state index in [4.69, 9.17) is 4.74 Å². The van der Waals surface area contributed by atoms with E-state index in [2.05, 4.69) is 30.3 Å². The van der Waals surface area contributed by atoms with Gasteiger partial charge in [-0.15, -0.1) is 0 Å². The van der Waals surface area contributed by atoms with Gasteiger partial charge in [0, 0.05) is 43.4 Å². The average Bonchev–Trinajstić information content (AvgIpc) is 3.11. The standard InChI is InChI=1S/C20H27N3O2/c1-20(2,3)23-11-8-17(13-23)19(24)22-10-5-7-18(14-22)25-15-16-6-4-9-21-12-16/h4,6,8-9,11-13,18H,5,7,10,14-15H2,1-3H3. The number of rotatable bonds is 4. The van der Waals surface area contributed by atoms with Gasteiger partial charge in [0.15, 0.2) is 0 Å². The largest absolute Gasteiger partial charge is 0.372 e. The van der Waals surface area contributed by atoms with Crippen LogP contribution in [0.1, 0.15) is 49.5 Å². The first-order valence-electron chi connectivity index (χ1n) is 8.92. The highest BCUT2D eigenvalue weighted by Gasteiger charge is 2.26. The lowest BCUT2D eigenvalue weighted by Gasteiger charge is -2.32. The molecule has 1 aliphatic heterocycles. The molecule has 1 amide bonds. The van der Waals surface area contributed by atoms with Crippen LogP contribution in [-0.2, 0) is 16.9 Å². The van der Waals surface area contributed by atoms with Crippen molar-refractivity contribution in [3.05, 3.63) is 54.1 Å². The highest BCUT2D eigenvalue weighted by Crippen LogP contribution is 2.20. The summed E-state index contributed by atoms with van der Waals surface area (Å²) in [5, 5.41) is 0. The van der Waals surface area contributed by atoms with E-state index in [0.717, 1.165) is 30.5 Å². The number of aromatic nitrogens is 2. The van der Waals surface area contributed by atoms with Gasteiger partial charge in [-0.25, -0.2) is 0 Å². The molecular weight excluding hydrogens is 314 g/mol. The summed E-state index contributed by atoms with van der Waals surface area (Å²) in [7, 11) is 0. The number of hydrogen-bond acceptors (Lipinski definition) is 3. The van der Waals surface area contributed by atoms with Gasteiger partial charge in [-0.1, -0.05) is 6.07 Å². The highest BCUT2D eigenvalue weighted by molar-refractivity contribution is 5.94. The molecule has 0 aliphatic carbocycles. The van der Waals surface area contributed by atoms with Crippen LogP contribution < -0.4 is 0 Å². The fraction of sp³-hybridized carbons (Fsp3) is 0.500. The van der Waals surface area contributed by atoms with Gasteiger partial charge in [-0.3, -0.25) is 9.78 Å². The minimum Gasteiger partial charge on any atom is -0.372 e. The molecule has 0 spiro atoms. The normalized spacial score (nSPS) is 18.4. The van der Waals surface area contributed by atoms with Crippen molar-refractivity contribution < 1.29 is 9.53 Å². The molecule has 3 rings (SSSR count). The number of nitrogens with zero attached hydrogens (tertiary/aromatic N) is 3. The molecule has 1 atom stereocenters. The molecule has 1 unspecified atom stereocenters. The lowest BCUT2D eigenvalue weighted by molar-refractivity contribution is -0.00681. The smallest absolute Gasteiger partial charge is 0.255 e. The molecule has 134 valence electrons. The Balaban J connectivity index is 1.59. The summed E-state index contributed by atoms with van der Waals surface area (Å²) < 4.78 is 8.09. The van der Waals surface area contributed by atoms with Crippen LogP contribution in [0.25, 0.3) is 0 Å². The molecule has 5 heteroatoms. The predicted molar refractivity (Wildman–Crippen MR) is 97.4 cm³/mol. The topological polar surface area (TPSA) is 47.4 Å². The zero-order valence-corrected chi connectivity index (χ0v) is 15.3. The summed E-state index contributed by atoms with van der Waals surface area (Å²) in [4.78, 5) is 18.8. The molecule has 1 fully saturated rings. The lowest BCUT2D eigenvalue weighted by atomic mass is 10.1. The van der Waals surface area contributed by atoms with Gasteiger partial charge < -0.3 is 14.2 Å². The zero-order chi connectivity index (χ0) is 17.9. The van der Waals surface area contributed by atoms with Crippen LogP contribution in [0.5, 0.6) is 0 Å². The van der Waals surface area contributed by atoms with Gasteiger partial charge in [-0.2, -0.15) is 0 Å². The fourth-order valence-electron chi connectivity index (χ4n) is 3.08. The first-order valence-corrected chi connectivity index (χ1v) is 8.92. The Morgan fingerprint density at radius 3 is 2.88 bits per heavy atom. The third-order valence-corrected chi connectivity index (χ3v) is 4.59. The van der Waals surface area contributed by atoms with E-state index in [9.17, 15) is 4.79 Å². The Morgan fingerprint density at radius 1 is 1.36 bits per heavy atom. The van der Waals surface area contributed by atoms with E-state index >= 15 is 0 Å². The van der Waals surface area contributed by atoms with E-state index in [-0.39, 0.29) is 17.6 Å². The van der Waals surface area contributed by atoms with Crippen LogP contribution in [0, 0.1) is 0 Å². The Morgan fingerprint density at radius 2 is 2.20 bits per heavy atom. The maximum atomic E-state index is 12.8. The zero-order valence-electron chi connectivity index (χ0n) is 15.3. The number of likely N-dealkylation sites (tertiary alicyclic amines) is 1. The number of amides is 1. The molecule has 1 saturated heterocycles. The van der Waals surface area contributed by atoms with Crippen LogP contribution in [0.3, 0.4) is 0 Å². The molecule has 0 saturated carbocycles. The first-order chi connectivity index (χ1) is 11.9. The SMILES string of the molecule is CC(C)(C)n1ccc(C(=O)N2CCCC(OCc3cccnc3)C2)c1. The minimum absolute atomic E-state index is 0.0181. The fourth-order valence-corrected chi connectivity index (χ4v) is 3.08. The number of hydrogen-bond donors (Lipinski definition) is 0. The molecule has 0 bridgehead atoms. The van der Waals surface area contributed by atoms with E-state index in [1.54, 1.807) is 6.20 Å². The van der Waals surface area contributed by atoms with Crippen molar-refractivity contribution in [2.24, 2.45) is 0 Å². The molecule has 2 aromatic heterocycles. The minimum atomic E-state index is -0.0181. The van der Waals surface area contributed by atoms with Crippen molar-refractivity contribution in [3.63, 3.8) is 0 Å². The number of carbonyl (C=O) groups excluding carboxylic acids is 1. The second kappa shape index (κ2) is 7.40. The van der Waals surface area contributed by atoms with E-state index in [0.29, 0.717) is 13.2 Å². The second-order valence-electron chi connectivity index (χ2n) is 7.67. The number of carbonyl (C=O) groups is 1. The van der Waals surface area contributed by atoms with Crippen LogP contribution in [-0.4, -0.2) is 39.6 Å². The number of ether oxygens (including phenoxy) is 1. The summed E-state index contributed by atoms with van der Waals surface area (Å²) in [6, 6.07) is 5.83. The van der Waals surface area contributed by atoms with Gasteiger partial charge >= 0.3 is 0 Å². The van der Waals surface area contributed by atoms with Crippen LogP contribution in [0.15, 0.2) is 43.0 Å². The third kappa shape index (κ3) is 4.48. The van der Waals surface area contributed by atoms with Crippen molar-refractivity contribution in [3.8, 4) is 0 Å². The molecule has 0 N–H and O–H groups in total. The average molecular weight is 341 g/mol. The molecule has 5 nitrogen and oxygen atoms in total. The van der Waals surface area contributed by atoms with Crippen molar-refractivity contribution >= 4 is 5.91 Å². The van der Waals surface area contributed by atoms with Crippen molar-refractivity contribution in [1.82, 2.24) is 14.5 Å². The van der Waals surface area contributed by atoms with Gasteiger partial charge in [0.2, 0.25) is 0 Å². The molecule has 3 heterocycles. The third-order valence-electron chi connectivity index (χ3n) is 4.59. The number of pyridine rings is 1. The van der Waals surface area contributed by atoms with Crippen molar-refractivity contribution in [2.45, 2.75) is 51.9 Å². The molecule has 0 radical (unpaired) electrons. The maximum Gasteiger partial charge on any atom is 0.255 e. The van der Waals surface area contributed by atoms with Crippen LogP contribution in [0.4, 0.5) is 0 Å². The summed E-state index contributed by atoms with van der Waals surface area (Å²) in [5.74, 6) is 0.0951. The Hall–Kier alpha value is -2.14. The maximum absolute atomic E-state index is 12.8. The van der Waals surface area contributed by atoms with Crippen molar-refractivity contribution in [1.29, 1.82) is 0 Å². The second-order valence-corrected chi connectivity index (χ2v) is 7.67. The quantitative estimate of drug-likeness (QED) is 0.856. The van der Waals surface area contributed by atoms with Crippen LogP contribution in [0.2, 0.25) is 0 Å². The summed E-state index contributed by atoms with van der Waals surface area (Å²) in [6.45, 7) is 8.38. The molecular formula is C20H27N3O2. The summed E-state index contributed by atoms with van der Waals surface area (Å²) in [6.07, 6.45) is 9.56. The first kappa shape index (κ1) is 17.7. The van der Waals surface area contributed by atoms with Gasteiger partial charge in [0.1, 0.15) is 0 Å². The molecule has 0 aromatic carbocycles. The van der Waals surface area contributed by atoms with Crippen LogP contribution >= 0.6 is 0 Å². The van der Waals surface area contributed by atoms with E-state index in [1.807, 2.05) is 41.7 Å². The molecule has 25 heavy (non-hydrogen) atoms. The monoisotopic (exact) mass is 341 g/mol. The summed E-state index contributed by atoms with van der Waals surface area (Å²) >= 11 is 0. The van der Waals surface area contributed by atoms with E-state index in [1.165, 1.54) is 0 Å². The van der Waals surface area contributed by atoms with Crippen molar-refractivity contribution in [2.75, 3.05) is 13.1 Å². The van der Waals surface area contributed by atoms with Gasteiger partial charge in [0.25, 0.3) is 5.91 Å². The van der Waals surface area contributed by atoms with Gasteiger partial charge in [0.05, 0.1) is 18.3 Å². The molecule has 1 aliphatic rings. The lowest BCUT2D eigenvalue weighted by Crippen LogP contribution is -2.43.